The third-order valence-electron chi connectivity index (χ3n) is 12.9. The van der Waals surface area contributed by atoms with Gasteiger partial charge in [-0.1, -0.05) is 32.6 Å². The van der Waals surface area contributed by atoms with E-state index in [1.807, 2.05) is 26.1 Å². The fraction of sp³-hybridized carbons (Fsp3) is 0.457. The summed E-state index contributed by atoms with van der Waals surface area (Å²) in [7, 11) is 1.83. The molecule has 3 aliphatic heterocycles. The number of pyridine rings is 1. The van der Waals surface area contributed by atoms with E-state index in [2.05, 4.69) is 67.9 Å². The number of halogens is 2. The SMILES string of the molecule is C=C1Nc2nc3ccc(CN4CCN(C(=C)C5CCN(c6cc(F)cc(F)c6)C5)C5(CCC5)C4)cc3n2C[C@H](C)CCCCC(=NC)C(=CN)c2cc1cc(C)n2. The molecule has 8 rings (SSSR count). The highest BCUT2D eigenvalue weighted by atomic mass is 19.1. The van der Waals surface area contributed by atoms with Crippen LogP contribution < -0.4 is 16.0 Å². The summed E-state index contributed by atoms with van der Waals surface area (Å²) in [5, 5.41) is 3.60. The van der Waals surface area contributed by atoms with Crippen molar-refractivity contribution in [3.05, 3.63) is 108 Å². The largest absolute Gasteiger partial charge is 0.404 e. The first-order valence-electron chi connectivity index (χ1n) is 20.7. The highest BCUT2D eigenvalue weighted by molar-refractivity contribution is 6.23. The lowest BCUT2D eigenvalue weighted by Gasteiger charge is -2.58. The molecule has 3 N–H and O–H groups in total. The number of aryl methyl sites for hydroxylation is 1. The molecule has 9 nitrogen and oxygen atoms in total. The van der Waals surface area contributed by atoms with Crippen LogP contribution in [0.5, 0.6) is 0 Å². The van der Waals surface area contributed by atoms with Crippen molar-refractivity contribution in [2.45, 2.75) is 83.8 Å². The van der Waals surface area contributed by atoms with E-state index in [1.54, 1.807) is 6.20 Å². The van der Waals surface area contributed by atoms with E-state index in [4.69, 9.17) is 15.7 Å². The fourth-order valence-electron chi connectivity index (χ4n) is 9.74. The lowest BCUT2D eigenvalue weighted by atomic mass is 9.72. The molecule has 1 unspecified atom stereocenters. The van der Waals surface area contributed by atoms with Crippen LogP contribution in [0.25, 0.3) is 22.3 Å². The Morgan fingerprint density at radius 3 is 2.54 bits per heavy atom. The van der Waals surface area contributed by atoms with Gasteiger partial charge in [-0.25, -0.2) is 13.8 Å². The molecule has 11 heteroatoms. The number of hydrogen-bond acceptors (Lipinski definition) is 8. The Kier molecular flexibility index (Phi) is 11.0. The number of nitrogens with two attached hydrogens (primary N) is 1. The molecule has 1 spiro atoms. The van der Waals surface area contributed by atoms with Gasteiger partial charge in [0.2, 0.25) is 5.95 Å². The number of imidazole rings is 1. The summed E-state index contributed by atoms with van der Waals surface area (Å²) in [4.78, 5) is 21.9. The molecule has 300 valence electrons. The zero-order chi connectivity index (χ0) is 39.8. The Bertz CT molecular complexity index is 2210. The minimum absolute atomic E-state index is 0.0869. The number of rotatable bonds is 5. The second-order valence-electron chi connectivity index (χ2n) is 16.9. The van der Waals surface area contributed by atoms with E-state index in [1.165, 1.54) is 29.8 Å². The molecule has 57 heavy (non-hydrogen) atoms. The fourth-order valence-corrected chi connectivity index (χ4v) is 9.74. The van der Waals surface area contributed by atoms with Crippen molar-refractivity contribution in [3.63, 3.8) is 0 Å². The van der Waals surface area contributed by atoms with Crippen LogP contribution in [0.15, 0.2) is 78.6 Å². The van der Waals surface area contributed by atoms with E-state index in [9.17, 15) is 8.78 Å². The number of anilines is 2. The standard InChI is InChI=1S/C46H57F2N9/c1-30-9-6-7-10-41(50-5)40(25-49)43-21-36(19-31(2)51-43)32(3)52-45-53-42-12-11-34(20-44(42)56(45)26-30)27-54-17-18-57(46(29-54)14-8-15-46)33(4)35-13-16-55(28-35)39-23-37(47)22-38(48)24-39/h11-12,19-25,30,35H,3-4,6-10,13-18,26-29,49H2,1-2,5H3,(H,52,53)/t30-,35?/m1/s1. The van der Waals surface area contributed by atoms with Gasteiger partial charge in [0.05, 0.1) is 22.3 Å². The molecule has 0 radical (unpaired) electrons. The summed E-state index contributed by atoms with van der Waals surface area (Å²) in [6, 6.07) is 14.7. The van der Waals surface area contributed by atoms with Crippen molar-refractivity contribution in [1.82, 2.24) is 24.3 Å². The molecule has 4 aromatic rings. The number of allylic oxidation sites excluding steroid dienone is 1. The lowest BCUT2D eigenvalue weighted by molar-refractivity contribution is -0.0390. The van der Waals surface area contributed by atoms with Crippen molar-refractivity contribution in [3.8, 4) is 0 Å². The minimum atomic E-state index is -0.532. The maximum atomic E-state index is 14.0. The molecule has 2 bridgehead atoms. The predicted molar refractivity (Wildman–Crippen MR) is 229 cm³/mol. The van der Waals surface area contributed by atoms with E-state index < -0.39 is 11.6 Å². The molecule has 1 aliphatic carbocycles. The van der Waals surface area contributed by atoms with E-state index >= 15 is 0 Å². The molecule has 2 saturated heterocycles. The Morgan fingerprint density at radius 2 is 1.81 bits per heavy atom. The van der Waals surface area contributed by atoms with Crippen molar-refractivity contribution in [2.24, 2.45) is 22.6 Å². The number of nitrogens with zero attached hydrogens (tertiary/aromatic N) is 7. The van der Waals surface area contributed by atoms with Crippen molar-refractivity contribution < 1.29 is 8.78 Å². The third-order valence-corrected chi connectivity index (χ3v) is 12.9. The van der Waals surface area contributed by atoms with Crippen LogP contribution in [0.2, 0.25) is 0 Å². The third kappa shape index (κ3) is 7.95. The topological polar surface area (TPSA) is 90.8 Å². The molecular formula is C46H57F2N9. The summed E-state index contributed by atoms with van der Waals surface area (Å²) in [5.74, 6) is 0.432. The van der Waals surface area contributed by atoms with Crippen molar-refractivity contribution in [1.29, 1.82) is 0 Å². The molecule has 3 fully saturated rings. The number of benzene rings is 2. The summed E-state index contributed by atoms with van der Waals surface area (Å²) >= 11 is 0. The zero-order valence-electron chi connectivity index (χ0n) is 33.8. The van der Waals surface area contributed by atoms with Gasteiger partial charge in [-0.05, 0) is 99.7 Å². The maximum absolute atomic E-state index is 14.0. The van der Waals surface area contributed by atoms with Crippen LogP contribution in [-0.4, -0.2) is 75.4 Å². The first kappa shape index (κ1) is 38.8. The Hall–Kier alpha value is -5.03. The number of piperazine rings is 1. The first-order valence-corrected chi connectivity index (χ1v) is 20.7. The van der Waals surface area contributed by atoms with Gasteiger partial charge in [0, 0.05) is 111 Å². The number of nitrogens with one attached hydrogen (secondary N) is 1. The lowest BCUT2D eigenvalue weighted by Crippen LogP contribution is -2.65. The quantitative estimate of drug-likeness (QED) is 0.210. The molecular weight excluding hydrogens is 717 g/mol. The van der Waals surface area contributed by atoms with E-state index in [0.29, 0.717) is 11.6 Å². The van der Waals surface area contributed by atoms with Gasteiger partial charge in [-0.2, -0.15) is 0 Å². The summed E-state index contributed by atoms with van der Waals surface area (Å²) in [6.07, 6.45) is 10.2. The van der Waals surface area contributed by atoms with E-state index in [-0.39, 0.29) is 11.5 Å². The average Bonchev–Trinajstić information content (AvgIpc) is 3.79. The number of aromatic nitrogens is 3. The van der Waals surface area contributed by atoms with Gasteiger partial charge in [0.1, 0.15) is 11.6 Å². The number of aliphatic imine (C=N–C) groups is 1. The smallest absolute Gasteiger partial charge is 0.208 e. The molecule has 0 amide bonds. The Balaban J connectivity index is 1.00. The molecule has 2 aromatic carbocycles. The summed E-state index contributed by atoms with van der Waals surface area (Å²) < 4.78 is 30.4. The van der Waals surface area contributed by atoms with Crippen LogP contribution in [0.3, 0.4) is 0 Å². The van der Waals surface area contributed by atoms with Gasteiger partial charge in [-0.3, -0.25) is 14.9 Å². The summed E-state index contributed by atoms with van der Waals surface area (Å²) in [6.45, 7) is 19.6. The average molecular weight is 774 g/mol. The normalized spacial score (nSPS) is 23.4. The van der Waals surface area contributed by atoms with E-state index in [0.717, 1.165) is 148 Å². The van der Waals surface area contributed by atoms with Crippen LogP contribution >= 0.6 is 0 Å². The van der Waals surface area contributed by atoms with Crippen LogP contribution in [0, 0.1) is 30.4 Å². The van der Waals surface area contributed by atoms with Crippen molar-refractivity contribution >= 4 is 39.7 Å². The molecule has 2 aromatic heterocycles. The molecule has 1 saturated carbocycles. The second kappa shape index (κ2) is 16.1. The number of hydrogen-bond donors (Lipinski definition) is 2. The van der Waals surface area contributed by atoms with Gasteiger partial charge < -0.3 is 25.4 Å². The van der Waals surface area contributed by atoms with Gasteiger partial charge in [0.25, 0.3) is 0 Å². The monoisotopic (exact) mass is 773 g/mol. The van der Waals surface area contributed by atoms with Crippen LogP contribution in [-0.2, 0) is 13.1 Å². The Morgan fingerprint density at radius 1 is 1.00 bits per heavy atom. The van der Waals surface area contributed by atoms with Crippen LogP contribution in [0.1, 0.15) is 80.8 Å². The Labute approximate surface area is 336 Å². The molecule has 5 heterocycles. The van der Waals surface area contributed by atoms with Crippen LogP contribution in [0.4, 0.5) is 20.4 Å². The maximum Gasteiger partial charge on any atom is 0.208 e. The van der Waals surface area contributed by atoms with Crippen molar-refractivity contribution in [2.75, 3.05) is 50.0 Å². The molecule has 4 aliphatic rings. The zero-order valence-corrected chi connectivity index (χ0v) is 33.8. The van der Waals surface area contributed by atoms with Gasteiger partial charge in [0.15, 0.2) is 0 Å². The highest BCUT2D eigenvalue weighted by Crippen LogP contribution is 2.45. The summed E-state index contributed by atoms with van der Waals surface area (Å²) in [5.41, 5.74) is 16.7. The van der Waals surface area contributed by atoms with Gasteiger partial charge in [-0.15, -0.1) is 0 Å². The minimum Gasteiger partial charge on any atom is -0.404 e. The highest BCUT2D eigenvalue weighted by Gasteiger charge is 2.48. The van der Waals surface area contributed by atoms with Gasteiger partial charge >= 0.3 is 0 Å². The second-order valence-corrected chi connectivity index (χ2v) is 16.9. The predicted octanol–water partition coefficient (Wildman–Crippen LogP) is 8.76. The number of fused-ring (bicyclic) bond motifs is 5. The first-order chi connectivity index (χ1) is 27.5. The molecule has 2 atom stereocenters.